The topological polar surface area (TPSA) is 61.8 Å². The summed E-state index contributed by atoms with van der Waals surface area (Å²) in [5.41, 5.74) is 2.15. The van der Waals surface area contributed by atoms with Crippen LogP contribution in [0.3, 0.4) is 0 Å². The zero-order valence-corrected chi connectivity index (χ0v) is 12.5. The Morgan fingerprint density at radius 2 is 1.30 bits per heavy atom. The number of hydrogen-bond donors (Lipinski definition) is 0. The van der Waals surface area contributed by atoms with Crippen LogP contribution in [0.5, 0.6) is 5.75 Å². The highest BCUT2D eigenvalue weighted by Gasteiger charge is 2.27. The van der Waals surface area contributed by atoms with Gasteiger partial charge in [0.2, 0.25) is 0 Å². The molecule has 1 aromatic carbocycles. The monoisotopic (exact) mass is 280 g/mol. The number of rotatable bonds is 5. The summed E-state index contributed by atoms with van der Waals surface area (Å²) in [7, 11) is 4.02. The van der Waals surface area contributed by atoms with Crippen LogP contribution in [-0.2, 0) is 22.3 Å². The fourth-order valence-electron chi connectivity index (χ4n) is 2.18. The van der Waals surface area contributed by atoms with Gasteiger partial charge in [-0.25, -0.2) is 9.59 Å². The molecule has 5 heteroatoms. The first kappa shape index (κ1) is 16.0. The summed E-state index contributed by atoms with van der Waals surface area (Å²) in [5, 5.41) is 0. The lowest BCUT2D eigenvalue weighted by atomic mass is 9.94. The molecule has 0 aliphatic rings. The number of carbonyl (C=O) groups excluding carboxylic acids is 2. The molecule has 0 N–H and O–H groups in total. The van der Waals surface area contributed by atoms with Gasteiger partial charge in [0, 0.05) is 0 Å². The molecule has 1 aromatic rings. The molecule has 0 atom stereocenters. The number of methoxy groups -OCH3 is 3. The van der Waals surface area contributed by atoms with E-state index < -0.39 is 11.9 Å². The fraction of sp³-hybridized carbons (Fsp3) is 0.467. The van der Waals surface area contributed by atoms with Crippen LogP contribution < -0.4 is 4.74 Å². The third-order valence-corrected chi connectivity index (χ3v) is 3.19. The molecule has 110 valence electrons. The molecule has 0 aromatic heterocycles. The maximum atomic E-state index is 12.0. The summed E-state index contributed by atoms with van der Waals surface area (Å²) in [6.45, 7) is 3.86. The van der Waals surface area contributed by atoms with E-state index in [1.165, 1.54) is 21.3 Å². The maximum Gasteiger partial charge on any atom is 0.341 e. The van der Waals surface area contributed by atoms with Crippen molar-refractivity contribution in [2.45, 2.75) is 26.7 Å². The zero-order chi connectivity index (χ0) is 15.3. The second kappa shape index (κ2) is 6.93. The summed E-state index contributed by atoms with van der Waals surface area (Å²) in [6, 6.07) is 1.83. The number of hydrogen-bond acceptors (Lipinski definition) is 5. The summed E-state index contributed by atoms with van der Waals surface area (Å²) in [6.07, 6.45) is 1.27. The minimum absolute atomic E-state index is 0.222. The van der Waals surface area contributed by atoms with E-state index in [0.29, 0.717) is 12.8 Å². The summed E-state index contributed by atoms with van der Waals surface area (Å²) >= 11 is 0. The molecule has 5 nitrogen and oxygen atoms in total. The van der Waals surface area contributed by atoms with Crippen LogP contribution in [0, 0.1) is 0 Å². The summed E-state index contributed by atoms with van der Waals surface area (Å²) in [5.74, 6) is -0.821. The van der Waals surface area contributed by atoms with E-state index in [4.69, 9.17) is 14.2 Å². The van der Waals surface area contributed by atoms with Crippen molar-refractivity contribution < 1.29 is 23.8 Å². The molecule has 20 heavy (non-hydrogen) atoms. The lowest BCUT2D eigenvalue weighted by molar-refractivity contribution is 0.0590. The second-order valence-electron chi connectivity index (χ2n) is 4.17. The fourth-order valence-corrected chi connectivity index (χ4v) is 2.18. The number of aryl methyl sites for hydroxylation is 2. The Labute approximate surface area is 118 Å². The van der Waals surface area contributed by atoms with Crippen molar-refractivity contribution in [1.29, 1.82) is 0 Å². The third-order valence-electron chi connectivity index (χ3n) is 3.19. The molecule has 1 rings (SSSR count). The van der Waals surface area contributed by atoms with E-state index in [-0.39, 0.29) is 16.9 Å². The Morgan fingerprint density at radius 1 is 0.900 bits per heavy atom. The first-order valence-corrected chi connectivity index (χ1v) is 6.44. The van der Waals surface area contributed by atoms with Gasteiger partial charge in [0.05, 0.1) is 21.3 Å². The average Bonchev–Trinajstić information content (AvgIpc) is 2.50. The molecule has 0 bridgehead atoms. The van der Waals surface area contributed by atoms with Crippen molar-refractivity contribution in [3.8, 4) is 5.75 Å². The molecule has 0 radical (unpaired) electrons. The molecule has 0 unspecified atom stereocenters. The normalized spacial score (nSPS) is 10.1. The predicted octanol–water partition coefficient (Wildman–Crippen LogP) is 2.39. The van der Waals surface area contributed by atoms with E-state index in [1.807, 2.05) is 19.9 Å². The van der Waals surface area contributed by atoms with Crippen molar-refractivity contribution in [2.24, 2.45) is 0 Å². The SMILES string of the molecule is CCc1cc(CC)c(C(=O)OC)c(OC)c1C(=O)OC. The molecule has 0 aliphatic heterocycles. The highest BCUT2D eigenvalue weighted by Crippen LogP contribution is 2.32. The van der Waals surface area contributed by atoms with Gasteiger partial charge in [-0.05, 0) is 24.0 Å². The van der Waals surface area contributed by atoms with Gasteiger partial charge >= 0.3 is 11.9 Å². The van der Waals surface area contributed by atoms with Crippen LogP contribution >= 0.6 is 0 Å². The van der Waals surface area contributed by atoms with Gasteiger partial charge in [-0.2, -0.15) is 0 Å². The van der Waals surface area contributed by atoms with Crippen LogP contribution in [0.2, 0.25) is 0 Å². The molecule has 0 amide bonds. The second-order valence-corrected chi connectivity index (χ2v) is 4.17. The van der Waals surface area contributed by atoms with Gasteiger partial charge in [-0.3, -0.25) is 0 Å². The third kappa shape index (κ3) is 2.76. The van der Waals surface area contributed by atoms with Gasteiger partial charge in [0.1, 0.15) is 16.9 Å². The van der Waals surface area contributed by atoms with Crippen LogP contribution in [-0.4, -0.2) is 33.3 Å². The van der Waals surface area contributed by atoms with Crippen LogP contribution in [0.1, 0.15) is 45.7 Å². The predicted molar refractivity (Wildman–Crippen MR) is 74.4 cm³/mol. The lowest BCUT2D eigenvalue weighted by Gasteiger charge is -2.18. The Balaban J connectivity index is 3.73. The van der Waals surface area contributed by atoms with Crippen molar-refractivity contribution in [2.75, 3.05) is 21.3 Å². The molecule has 0 saturated carbocycles. The first-order valence-electron chi connectivity index (χ1n) is 6.44. The maximum absolute atomic E-state index is 12.0. The van der Waals surface area contributed by atoms with Crippen LogP contribution in [0.15, 0.2) is 6.07 Å². The van der Waals surface area contributed by atoms with Crippen LogP contribution in [0.25, 0.3) is 0 Å². The zero-order valence-electron chi connectivity index (χ0n) is 12.5. The quantitative estimate of drug-likeness (QED) is 0.775. The van der Waals surface area contributed by atoms with Crippen molar-refractivity contribution in [3.63, 3.8) is 0 Å². The first-order chi connectivity index (χ1) is 9.55. The van der Waals surface area contributed by atoms with Gasteiger partial charge in [-0.15, -0.1) is 0 Å². The molecule has 0 spiro atoms. The summed E-state index contributed by atoms with van der Waals surface area (Å²) in [4.78, 5) is 24.0. The van der Waals surface area contributed by atoms with Crippen molar-refractivity contribution >= 4 is 11.9 Å². The van der Waals surface area contributed by atoms with Crippen molar-refractivity contribution in [3.05, 3.63) is 28.3 Å². The van der Waals surface area contributed by atoms with Crippen LogP contribution in [0.4, 0.5) is 0 Å². The Hall–Kier alpha value is -2.04. The number of benzene rings is 1. The highest BCUT2D eigenvalue weighted by molar-refractivity contribution is 6.02. The van der Waals surface area contributed by atoms with E-state index in [9.17, 15) is 9.59 Å². The summed E-state index contributed by atoms with van der Waals surface area (Å²) < 4.78 is 14.9. The standard InChI is InChI=1S/C15H20O5/c1-6-9-8-10(7-2)12(15(17)20-5)13(18-3)11(9)14(16)19-4/h8H,6-7H2,1-5H3. The molecule has 0 heterocycles. The molecule has 0 fully saturated rings. The minimum atomic E-state index is -0.522. The Morgan fingerprint density at radius 3 is 1.55 bits per heavy atom. The smallest absolute Gasteiger partial charge is 0.341 e. The van der Waals surface area contributed by atoms with Gasteiger partial charge in [0.15, 0.2) is 0 Å². The Bertz CT molecular complexity index is 477. The highest BCUT2D eigenvalue weighted by atomic mass is 16.5. The largest absolute Gasteiger partial charge is 0.495 e. The minimum Gasteiger partial charge on any atom is -0.495 e. The van der Waals surface area contributed by atoms with E-state index in [0.717, 1.165) is 11.1 Å². The average molecular weight is 280 g/mol. The molecular formula is C15H20O5. The lowest BCUT2D eigenvalue weighted by Crippen LogP contribution is -2.15. The van der Waals surface area contributed by atoms with E-state index in [1.54, 1.807) is 0 Å². The molecule has 0 saturated heterocycles. The Kier molecular flexibility index (Phi) is 5.55. The van der Waals surface area contributed by atoms with E-state index >= 15 is 0 Å². The van der Waals surface area contributed by atoms with Gasteiger partial charge in [0.25, 0.3) is 0 Å². The van der Waals surface area contributed by atoms with Gasteiger partial charge in [-0.1, -0.05) is 19.9 Å². The number of ether oxygens (including phenoxy) is 3. The molecule has 0 aliphatic carbocycles. The molecular weight excluding hydrogens is 260 g/mol. The number of carbonyl (C=O) groups is 2. The number of esters is 2. The van der Waals surface area contributed by atoms with Crippen molar-refractivity contribution in [1.82, 2.24) is 0 Å². The van der Waals surface area contributed by atoms with E-state index in [2.05, 4.69) is 0 Å². The van der Waals surface area contributed by atoms with Gasteiger partial charge < -0.3 is 14.2 Å².